The molecule has 1 aromatic carbocycles. The van der Waals surface area contributed by atoms with Gasteiger partial charge in [0.2, 0.25) is 0 Å². The topological polar surface area (TPSA) is 152 Å². The second kappa shape index (κ2) is 10.6. The zero-order valence-electron chi connectivity index (χ0n) is 21.1. The maximum Gasteiger partial charge on any atom is 0.268 e. The minimum absolute atomic E-state index is 0.0743. The Balaban J connectivity index is 0.000000198. The summed E-state index contributed by atoms with van der Waals surface area (Å²) in [5, 5.41) is 6.59. The molecule has 0 unspecified atom stereocenters. The number of carbonyl (C=O) groups is 1. The maximum atomic E-state index is 13.3. The minimum Gasteiger partial charge on any atom is -0.383 e. The molecule has 12 heteroatoms. The Morgan fingerprint density at radius 1 is 1.15 bits per heavy atom. The number of aryl methyl sites for hydroxylation is 2. The van der Waals surface area contributed by atoms with Crippen LogP contribution in [0.5, 0.6) is 0 Å². The van der Waals surface area contributed by atoms with Crippen LogP contribution in [0, 0.1) is 11.8 Å². The average Bonchev–Trinajstić information content (AvgIpc) is 3.67. The first-order chi connectivity index (χ1) is 18.9. The molecule has 5 heterocycles. The summed E-state index contributed by atoms with van der Waals surface area (Å²) in [4.78, 5) is 37.4. The number of carbonyl (C=O) groups excluding carboxylic acids is 1. The molecule has 5 aromatic heterocycles. The van der Waals surface area contributed by atoms with Crippen molar-refractivity contribution in [2.75, 3.05) is 5.73 Å². The van der Waals surface area contributed by atoms with Gasteiger partial charge in [0.05, 0.1) is 28.4 Å². The zero-order valence-corrected chi connectivity index (χ0v) is 21.9. The lowest BCUT2D eigenvalue weighted by atomic mass is 10.2. The highest BCUT2D eigenvalue weighted by Gasteiger charge is 2.16. The van der Waals surface area contributed by atoms with E-state index in [-0.39, 0.29) is 16.9 Å². The van der Waals surface area contributed by atoms with Crippen LogP contribution < -0.4 is 17.0 Å². The van der Waals surface area contributed by atoms with Crippen LogP contribution in [0.4, 0.5) is 5.82 Å². The molecule has 0 spiro atoms. The molecule has 0 saturated heterocycles. The van der Waals surface area contributed by atoms with Gasteiger partial charge in [0.1, 0.15) is 28.4 Å². The number of amides is 1. The van der Waals surface area contributed by atoms with Gasteiger partial charge < -0.3 is 11.5 Å². The fourth-order valence-electron chi connectivity index (χ4n) is 3.97. The van der Waals surface area contributed by atoms with Crippen LogP contribution in [0.25, 0.3) is 21.6 Å². The van der Waals surface area contributed by atoms with Crippen molar-refractivity contribution in [1.82, 2.24) is 33.7 Å². The van der Waals surface area contributed by atoms with E-state index in [0.717, 1.165) is 21.9 Å². The number of hydrogen-bond acceptors (Lipinski definition) is 8. The van der Waals surface area contributed by atoms with Gasteiger partial charge in [-0.15, -0.1) is 11.3 Å². The lowest BCUT2D eigenvalue weighted by Gasteiger charge is -2.11. The molecule has 6 aromatic rings. The van der Waals surface area contributed by atoms with E-state index < -0.39 is 5.91 Å². The van der Waals surface area contributed by atoms with E-state index in [1.165, 1.54) is 17.7 Å². The molecule has 6 rings (SSSR count). The molecule has 194 valence electrons. The molecule has 0 aliphatic carbocycles. The number of primary amides is 1. The summed E-state index contributed by atoms with van der Waals surface area (Å²) in [6.07, 6.45) is 8.91. The summed E-state index contributed by atoms with van der Waals surface area (Å²) in [6.45, 7) is 2.00. The molecule has 4 N–H and O–H groups in total. The van der Waals surface area contributed by atoms with Gasteiger partial charge in [-0.05, 0) is 12.1 Å². The van der Waals surface area contributed by atoms with Gasteiger partial charge in [0.25, 0.3) is 11.5 Å². The summed E-state index contributed by atoms with van der Waals surface area (Å²) >= 11 is 1.45. The lowest BCUT2D eigenvalue weighted by Crippen LogP contribution is -2.23. The van der Waals surface area contributed by atoms with E-state index >= 15 is 0 Å². The predicted molar refractivity (Wildman–Crippen MR) is 150 cm³/mol. The number of nitrogens with two attached hydrogens (primary N) is 2. The number of imidazole rings is 1. The van der Waals surface area contributed by atoms with Crippen LogP contribution in [0.2, 0.25) is 0 Å². The first kappa shape index (κ1) is 25.4. The van der Waals surface area contributed by atoms with Crippen molar-refractivity contribution in [3.63, 3.8) is 0 Å². The second-order valence-corrected chi connectivity index (χ2v) is 9.23. The van der Waals surface area contributed by atoms with Gasteiger partial charge in [-0.2, -0.15) is 5.10 Å². The van der Waals surface area contributed by atoms with Crippen molar-refractivity contribution < 1.29 is 4.79 Å². The zero-order chi connectivity index (χ0) is 27.5. The molecule has 0 saturated carbocycles. The molecule has 11 nitrogen and oxygen atoms in total. The number of rotatable bonds is 3. The van der Waals surface area contributed by atoms with E-state index in [4.69, 9.17) is 16.5 Å². The number of thiophene rings is 1. The number of nitrogen functional groups attached to an aromatic ring is 1. The third kappa shape index (κ3) is 4.98. The maximum absolute atomic E-state index is 13.3. The standard InChI is InChI=1S/C20H16N4OS.C7H7N5O/c1-3-17-22-19-18(20(25)24(17)16-7-5-4-6-8-16)15(13-26-19)10-9-14-11-21-23(2)12-14;8-5-4(6(9)13)7-10-1-2-12(7)3-11-5/h4-8,11-13H,3H2,1-2H3;1-3H,8H2,(H2,9,13). The Kier molecular flexibility index (Phi) is 6.90. The normalized spacial score (nSPS) is 10.6. The first-order valence-electron chi connectivity index (χ1n) is 11.8. The smallest absolute Gasteiger partial charge is 0.268 e. The van der Waals surface area contributed by atoms with Crippen molar-refractivity contribution in [2.24, 2.45) is 12.8 Å². The van der Waals surface area contributed by atoms with E-state index in [2.05, 4.69) is 26.9 Å². The highest BCUT2D eigenvalue weighted by atomic mass is 32.1. The highest BCUT2D eigenvalue weighted by Crippen LogP contribution is 2.22. The average molecular weight is 538 g/mol. The number of para-hydroxylation sites is 1. The molecule has 39 heavy (non-hydrogen) atoms. The quantitative estimate of drug-likeness (QED) is 0.329. The van der Waals surface area contributed by atoms with E-state index in [0.29, 0.717) is 23.0 Å². The second-order valence-electron chi connectivity index (χ2n) is 8.37. The summed E-state index contributed by atoms with van der Waals surface area (Å²) in [6, 6.07) is 9.61. The molecule has 0 bridgehead atoms. The fourth-order valence-corrected chi connectivity index (χ4v) is 4.85. The molecule has 0 atom stereocenters. The molecule has 0 aliphatic heterocycles. The highest BCUT2D eigenvalue weighted by molar-refractivity contribution is 7.17. The number of anilines is 1. The van der Waals surface area contributed by atoms with E-state index in [1.54, 1.807) is 32.2 Å². The van der Waals surface area contributed by atoms with Crippen molar-refractivity contribution in [3.8, 4) is 17.5 Å². The van der Waals surface area contributed by atoms with E-state index in [9.17, 15) is 9.59 Å². The Morgan fingerprint density at radius 3 is 2.64 bits per heavy atom. The molecular formula is C27H23N9O2S. The van der Waals surface area contributed by atoms with Crippen LogP contribution in [-0.4, -0.2) is 39.6 Å². The van der Waals surface area contributed by atoms with Crippen molar-refractivity contribution >= 4 is 38.9 Å². The molecule has 1 amide bonds. The van der Waals surface area contributed by atoms with Crippen LogP contribution in [0.3, 0.4) is 0 Å². The summed E-state index contributed by atoms with van der Waals surface area (Å²) < 4.78 is 4.97. The SMILES string of the molecule is CCc1nc2scc(C#Cc3cnn(C)c3)c2c(=O)n1-c1ccccc1.NC(=O)c1c(N)ncn2ccnc12. The third-order valence-electron chi connectivity index (χ3n) is 5.77. The van der Waals surface area contributed by atoms with Gasteiger partial charge in [-0.25, -0.2) is 15.0 Å². The minimum atomic E-state index is -0.623. The fraction of sp³-hybridized carbons (Fsp3) is 0.111. The summed E-state index contributed by atoms with van der Waals surface area (Å²) in [7, 11) is 1.85. The number of nitrogens with zero attached hydrogens (tertiary/aromatic N) is 7. The van der Waals surface area contributed by atoms with Crippen LogP contribution in [-0.2, 0) is 13.5 Å². The number of benzene rings is 1. The van der Waals surface area contributed by atoms with Gasteiger partial charge in [-0.1, -0.05) is 37.0 Å². The van der Waals surface area contributed by atoms with Crippen molar-refractivity contribution in [2.45, 2.75) is 13.3 Å². The van der Waals surface area contributed by atoms with Crippen LogP contribution >= 0.6 is 11.3 Å². The molecule has 0 aliphatic rings. The first-order valence-corrected chi connectivity index (χ1v) is 12.7. The van der Waals surface area contributed by atoms with Gasteiger partial charge in [-0.3, -0.25) is 23.2 Å². The van der Waals surface area contributed by atoms with Gasteiger partial charge in [0, 0.05) is 37.4 Å². The van der Waals surface area contributed by atoms with Crippen molar-refractivity contribution in [1.29, 1.82) is 0 Å². The molecule has 0 fully saturated rings. The van der Waals surface area contributed by atoms with E-state index in [1.807, 2.05) is 55.9 Å². The monoisotopic (exact) mass is 537 g/mol. The Hall–Kier alpha value is -5.28. The van der Waals surface area contributed by atoms with Crippen LogP contribution in [0.1, 0.15) is 34.2 Å². The number of hydrogen-bond donors (Lipinski definition) is 2. The number of aromatic nitrogens is 7. The summed E-state index contributed by atoms with van der Waals surface area (Å²) in [5.74, 6) is 6.41. The van der Waals surface area contributed by atoms with Crippen molar-refractivity contribution in [3.05, 3.63) is 99.7 Å². The third-order valence-corrected chi connectivity index (χ3v) is 6.64. The summed E-state index contributed by atoms with van der Waals surface area (Å²) in [5.41, 5.74) is 13.5. The largest absolute Gasteiger partial charge is 0.383 e. The Labute approximate surface area is 226 Å². The Bertz CT molecular complexity index is 1940. The predicted octanol–water partition coefficient (Wildman–Crippen LogP) is 2.55. The Morgan fingerprint density at radius 2 is 1.95 bits per heavy atom. The van der Waals surface area contributed by atoms with Gasteiger partial charge in [0.15, 0.2) is 5.65 Å². The lowest BCUT2D eigenvalue weighted by molar-refractivity contribution is 0.100. The van der Waals surface area contributed by atoms with Gasteiger partial charge >= 0.3 is 0 Å². The van der Waals surface area contributed by atoms with Crippen LogP contribution in [0.15, 0.2) is 71.6 Å². The number of fused-ring (bicyclic) bond motifs is 2. The molecule has 0 radical (unpaired) electrons. The molecular weight excluding hydrogens is 514 g/mol.